The molecule has 0 saturated carbocycles. The van der Waals surface area contributed by atoms with Crippen LogP contribution in [0.2, 0.25) is 0 Å². The number of hydrogen-bond donors (Lipinski definition) is 1. The summed E-state index contributed by atoms with van der Waals surface area (Å²) in [7, 11) is 0. The van der Waals surface area contributed by atoms with Gasteiger partial charge in [0.1, 0.15) is 11.8 Å². The minimum Gasteiger partial charge on any atom is -0.484 e. The van der Waals surface area contributed by atoms with Crippen molar-refractivity contribution in [3.05, 3.63) is 65.2 Å². The average molecular weight is 397 g/mol. The molecule has 156 valence electrons. The van der Waals surface area contributed by atoms with Crippen molar-refractivity contribution in [3.63, 3.8) is 0 Å². The van der Waals surface area contributed by atoms with Gasteiger partial charge in [0.05, 0.1) is 0 Å². The molecule has 0 unspecified atom stereocenters. The molecule has 1 N–H and O–H groups in total. The summed E-state index contributed by atoms with van der Waals surface area (Å²) in [6, 6.07) is 15.1. The lowest BCUT2D eigenvalue weighted by Gasteiger charge is -2.29. The maximum Gasteiger partial charge on any atom is 0.261 e. The zero-order valence-electron chi connectivity index (χ0n) is 17.9. The van der Waals surface area contributed by atoms with Gasteiger partial charge in [-0.15, -0.1) is 0 Å². The Bertz CT molecular complexity index is 802. The van der Waals surface area contributed by atoms with Crippen molar-refractivity contribution in [3.8, 4) is 5.75 Å². The molecule has 0 saturated heterocycles. The highest BCUT2D eigenvalue weighted by Gasteiger charge is 2.26. The van der Waals surface area contributed by atoms with E-state index < -0.39 is 6.04 Å². The minimum atomic E-state index is -0.583. The Hall–Kier alpha value is -2.82. The normalized spacial score (nSPS) is 11.6. The number of nitrogens with one attached hydrogen (secondary N) is 1. The molecule has 5 heteroatoms. The van der Waals surface area contributed by atoms with Crippen LogP contribution < -0.4 is 10.1 Å². The fourth-order valence-corrected chi connectivity index (χ4v) is 3.04. The van der Waals surface area contributed by atoms with E-state index in [-0.39, 0.29) is 18.4 Å². The van der Waals surface area contributed by atoms with Crippen LogP contribution in [0.15, 0.2) is 48.5 Å². The fraction of sp³-hybridized carbons (Fsp3) is 0.417. The van der Waals surface area contributed by atoms with E-state index in [0.29, 0.717) is 18.8 Å². The lowest BCUT2D eigenvalue weighted by molar-refractivity contribution is -0.142. The number of rotatable bonds is 10. The molecule has 0 aliphatic carbocycles. The van der Waals surface area contributed by atoms with Crippen LogP contribution in [-0.4, -0.2) is 35.9 Å². The van der Waals surface area contributed by atoms with Gasteiger partial charge < -0.3 is 15.0 Å². The molecule has 29 heavy (non-hydrogen) atoms. The summed E-state index contributed by atoms with van der Waals surface area (Å²) in [6.07, 6.45) is 1.80. The largest absolute Gasteiger partial charge is 0.484 e. The second-order valence-electron chi connectivity index (χ2n) is 7.26. The lowest BCUT2D eigenvalue weighted by Crippen LogP contribution is -2.49. The van der Waals surface area contributed by atoms with Gasteiger partial charge >= 0.3 is 0 Å². The summed E-state index contributed by atoms with van der Waals surface area (Å²) < 4.78 is 5.70. The summed E-state index contributed by atoms with van der Waals surface area (Å²) in [6.45, 7) is 8.70. The number of nitrogens with zero attached hydrogens (tertiary/aromatic N) is 1. The van der Waals surface area contributed by atoms with E-state index in [4.69, 9.17) is 4.74 Å². The van der Waals surface area contributed by atoms with Crippen molar-refractivity contribution in [2.45, 2.75) is 53.1 Å². The van der Waals surface area contributed by atoms with Gasteiger partial charge in [0, 0.05) is 13.1 Å². The topological polar surface area (TPSA) is 58.6 Å². The van der Waals surface area contributed by atoms with Crippen LogP contribution >= 0.6 is 0 Å². The Morgan fingerprint density at radius 1 is 1.07 bits per heavy atom. The zero-order valence-corrected chi connectivity index (χ0v) is 17.9. The third-order valence-corrected chi connectivity index (χ3v) is 4.85. The van der Waals surface area contributed by atoms with Crippen molar-refractivity contribution in [1.82, 2.24) is 10.2 Å². The summed E-state index contributed by atoms with van der Waals surface area (Å²) in [5, 5.41) is 2.88. The van der Waals surface area contributed by atoms with E-state index in [0.717, 1.165) is 24.0 Å². The molecule has 0 spiro atoms. The van der Waals surface area contributed by atoms with Crippen molar-refractivity contribution in [2.75, 3.05) is 13.2 Å². The number of carbonyl (C=O) groups is 2. The van der Waals surface area contributed by atoms with Crippen LogP contribution in [0, 0.1) is 6.92 Å². The summed E-state index contributed by atoms with van der Waals surface area (Å²) in [5.74, 6) is 0.277. The van der Waals surface area contributed by atoms with Gasteiger partial charge in [-0.05, 0) is 49.9 Å². The van der Waals surface area contributed by atoms with E-state index in [2.05, 4.69) is 12.2 Å². The number of benzene rings is 2. The summed E-state index contributed by atoms with van der Waals surface area (Å²) in [4.78, 5) is 27.1. The van der Waals surface area contributed by atoms with Crippen LogP contribution in [0.4, 0.5) is 0 Å². The quantitative estimate of drug-likeness (QED) is 0.663. The van der Waals surface area contributed by atoms with E-state index in [1.807, 2.05) is 62.4 Å². The van der Waals surface area contributed by atoms with Crippen molar-refractivity contribution >= 4 is 11.8 Å². The molecule has 2 rings (SSSR count). The van der Waals surface area contributed by atoms with Gasteiger partial charge in [-0.2, -0.15) is 0 Å². The number of carbonyl (C=O) groups excluding carboxylic acids is 2. The van der Waals surface area contributed by atoms with Crippen LogP contribution in [0.5, 0.6) is 5.75 Å². The molecule has 0 radical (unpaired) electrons. The molecule has 5 nitrogen and oxygen atoms in total. The third-order valence-electron chi connectivity index (χ3n) is 4.85. The molecule has 0 aliphatic heterocycles. The highest BCUT2D eigenvalue weighted by molar-refractivity contribution is 5.87. The monoisotopic (exact) mass is 396 g/mol. The first kappa shape index (κ1) is 22.5. The molecule has 0 fully saturated rings. The Morgan fingerprint density at radius 2 is 1.79 bits per heavy atom. The van der Waals surface area contributed by atoms with Crippen molar-refractivity contribution in [1.29, 1.82) is 0 Å². The van der Waals surface area contributed by atoms with Crippen LogP contribution in [0.1, 0.15) is 43.9 Å². The molecule has 2 aromatic carbocycles. The van der Waals surface area contributed by atoms with Gasteiger partial charge in [0.2, 0.25) is 5.91 Å². The van der Waals surface area contributed by atoms with Gasteiger partial charge in [0.15, 0.2) is 6.61 Å². The van der Waals surface area contributed by atoms with Gasteiger partial charge in [-0.3, -0.25) is 9.59 Å². The Morgan fingerprint density at radius 3 is 2.41 bits per heavy atom. The first-order valence-corrected chi connectivity index (χ1v) is 10.3. The second kappa shape index (κ2) is 11.2. The minimum absolute atomic E-state index is 0.108. The highest BCUT2D eigenvalue weighted by atomic mass is 16.5. The Kier molecular flexibility index (Phi) is 8.71. The molecular formula is C24H32N2O3. The molecular weight excluding hydrogens is 364 g/mol. The molecule has 0 aromatic heterocycles. The average Bonchev–Trinajstić information content (AvgIpc) is 2.74. The van der Waals surface area contributed by atoms with Crippen LogP contribution in [0.25, 0.3) is 0 Å². The standard InChI is InChI=1S/C24H32N2O3/c1-5-14-25-24(28)19(4)26(16-21-9-7-8-18(3)15-21)23(27)17-29-22-12-10-20(6-2)11-13-22/h7-13,15,19H,5-6,14,16-17H2,1-4H3,(H,25,28)/t19-/m0/s1. The predicted molar refractivity (Wildman–Crippen MR) is 116 cm³/mol. The molecule has 1 atom stereocenters. The number of amides is 2. The van der Waals surface area contributed by atoms with Gasteiger partial charge in [-0.25, -0.2) is 0 Å². The SMILES string of the molecule is CCCNC(=O)[C@H](C)N(Cc1cccc(C)c1)C(=O)COc1ccc(CC)cc1. The molecule has 0 heterocycles. The number of ether oxygens (including phenoxy) is 1. The molecule has 0 aliphatic rings. The maximum atomic E-state index is 13.0. The summed E-state index contributed by atoms with van der Waals surface area (Å²) in [5.41, 5.74) is 3.32. The maximum absolute atomic E-state index is 13.0. The van der Waals surface area contributed by atoms with Gasteiger partial charge in [-0.1, -0.05) is 55.8 Å². The van der Waals surface area contributed by atoms with Crippen molar-refractivity contribution in [2.24, 2.45) is 0 Å². The van der Waals surface area contributed by atoms with Crippen LogP contribution in [0.3, 0.4) is 0 Å². The van der Waals surface area contributed by atoms with E-state index in [9.17, 15) is 9.59 Å². The second-order valence-corrected chi connectivity index (χ2v) is 7.26. The summed E-state index contributed by atoms with van der Waals surface area (Å²) >= 11 is 0. The van der Waals surface area contributed by atoms with Gasteiger partial charge in [0.25, 0.3) is 5.91 Å². The van der Waals surface area contributed by atoms with E-state index >= 15 is 0 Å². The molecule has 0 bridgehead atoms. The molecule has 2 aromatic rings. The van der Waals surface area contributed by atoms with E-state index in [1.165, 1.54) is 5.56 Å². The lowest BCUT2D eigenvalue weighted by atomic mass is 10.1. The highest BCUT2D eigenvalue weighted by Crippen LogP contribution is 2.15. The number of aryl methyl sites for hydroxylation is 2. The Balaban J connectivity index is 2.11. The number of hydrogen-bond acceptors (Lipinski definition) is 3. The van der Waals surface area contributed by atoms with Crippen molar-refractivity contribution < 1.29 is 14.3 Å². The fourth-order valence-electron chi connectivity index (χ4n) is 3.04. The van der Waals surface area contributed by atoms with Crippen LogP contribution in [-0.2, 0) is 22.6 Å². The Labute approximate surface area is 174 Å². The smallest absolute Gasteiger partial charge is 0.261 e. The molecule has 2 amide bonds. The zero-order chi connectivity index (χ0) is 21.2. The third kappa shape index (κ3) is 6.93. The van der Waals surface area contributed by atoms with E-state index in [1.54, 1.807) is 11.8 Å². The predicted octanol–water partition coefficient (Wildman–Crippen LogP) is 3.88. The first-order valence-electron chi connectivity index (χ1n) is 10.3. The first-order chi connectivity index (χ1) is 13.9.